The molecule has 0 heterocycles. The van der Waals surface area contributed by atoms with Crippen molar-refractivity contribution in [2.24, 2.45) is 0 Å². The number of aliphatic hydroxyl groups excluding tert-OH is 3. The summed E-state index contributed by atoms with van der Waals surface area (Å²) < 4.78 is 0. The van der Waals surface area contributed by atoms with E-state index in [1.54, 1.807) is 19.1 Å². The Balaban J connectivity index is 3.22. The number of nitro benzene ring substituents is 1. The molecule has 0 saturated heterocycles. The molecule has 0 saturated carbocycles. The van der Waals surface area contributed by atoms with E-state index in [0.717, 1.165) is 0 Å². The van der Waals surface area contributed by atoms with Crippen molar-refractivity contribution < 1.29 is 20.2 Å². The molecule has 0 aliphatic rings. The lowest BCUT2D eigenvalue weighted by Crippen LogP contribution is -2.23. The Morgan fingerprint density at radius 2 is 2.06 bits per heavy atom. The maximum Gasteiger partial charge on any atom is 0.278 e. The Labute approximate surface area is 91.9 Å². The van der Waals surface area contributed by atoms with E-state index in [1.807, 2.05) is 0 Å². The molecular formula is C10H13NO5. The van der Waals surface area contributed by atoms with Crippen LogP contribution in [0.5, 0.6) is 0 Å². The lowest BCUT2D eigenvalue weighted by atomic mass is 10.00. The molecule has 0 aliphatic carbocycles. The number of aryl methyl sites for hydroxylation is 1. The molecule has 0 fully saturated rings. The van der Waals surface area contributed by atoms with Gasteiger partial charge in [-0.05, 0) is 13.0 Å². The molecule has 88 valence electrons. The van der Waals surface area contributed by atoms with Gasteiger partial charge in [-0.25, -0.2) is 0 Å². The second kappa shape index (κ2) is 5.02. The van der Waals surface area contributed by atoms with Gasteiger partial charge in [-0.1, -0.05) is 12.1 Å². The minimum atomic E-state index is -1.47. The van der Waals surface area contributed by atoms with Crippen LogP contribution in [-0.2, 0) is 0 Å². The lowest BCUT2D eigenvalue weighted by Gasteiger charge is -2.16. The molecule has 6 nitrogen and oxygen atoms in total. The highest BCUT2D eigenvalue weighted by Gasteiger charge is 2.26. The van der Waals surface area contributed by atoms with E-state index < -0.39 is 23.7 Å². The van der Waals surface area contributed by atoms with Crippen molar-refractivity contribution in [2.45, 2.75) is 19.1 Å². The minimum Gasteiger partial charge on any atom is -0.394 e. The second-order valence-corrected chi connectivity index (χ2v) is 3.46. The predicted molar refractivity (Wildman–Crippen MR) is 55.9 cm³/mol. The fraction of sp³-hybridized carbons (Fsp3) is 0.400. The summed E-state index contributed by atoms with van der Waals surface area (Å²) in [6.07, 6.45) is -2.90. The molecule has 1 rings (SSSR count). The van der Waals surface area contributed by atoms with E-state index in [4.69, 9.17) is 5.11 Å². The summed E-state index contributed by atoms with van der Waals surface area (Å²) in [7, 11) is 0. The number of aliphatic hydroxyl groups is 3. The van der Waals surface area contributed by atoms with Crippen molar-refractivity contribution in [3.8, 4) is 0 Å². The highest BCUT2D eigenvalue weighted by atomic mass is 16.6. The van der Waals surface area contributed by atoms with Crippen molar-refractivity contribution in [1.29, 1.82) is 0 Å². The van der Waals surface area contributed by atoms with Crippen molar-refractivity contribution in [3.05, 3.63) is 39.4 Å². The number of rotatable bonds is 4. The van der Waals surface area contributed by atoms with Crippen LogP contribution in [0.25, 0.3) is 0 Å². The average molecular weight is 227 g/mol. The molecule has 0 radical (unpaired) electrons. The van der Waals surface area contributed by atoms with Gasteiger partial charge in [0.05, 0.1) is 17.1 Å². The van der Waals surface area contributed by atoms with E-state index in [1.165, 1.54) is 6.07 Å². The standard InChI is InChI=1S/C10H13NO5/c1-6-3-2-4-7(9(6)11(15)16)10(14)8(13)5-12/h2-4,8,10,12-14H,5H2,1H3. The SMILES string of the molecule is Cc1cccc(C(O)C(O)CO)c1[N+](=O)[O-]. The fourth-order valence-electron chi connectivity index (χ4n) is 1.48. The zero-order valence-electron chi connectivity index (χ0n) is 8.70. The molecule has 0 bridgehead atoms. The van der Waals surface area contributed by atoms with Gasteiger partial charge in [0.15, 0.2) is 0 Å². The molecule has 2 unspecified atom stereocenters. The van der Waals surface area contributed by atoms with Crippen molar-refractivity contribution >= 4 is 5.69 Å². The fourth-order valence-corrected chi connectivity index (χ4v) is 1.48. The third-order valence-corrected chi connectivity index (χ3v) is 2.32. The predicted octanol–water partition coefficient (Wildman–Crippen LogP) is 0.290. The number of nitro groups is 1. The number of hydrogen-bond donors (Lipinski definition) is 3. The van der Waals surface area contributed by atoms with Crippen LogP contribution in [0.2, 0.25) is 0 Å². The van der Waals surface area contributed by atoms with Crippen molar-refractivity contribution in [3.63, 3.8) is 0 Å². The Hall–Kier alpha value is -1.50. The van der Waals surface area contributed by atoms with Crippen LogP contribution in [0.4, 0.5) is 5.69 Å². The van der Waals surface area contributed by atoms with Gasteiger partial charge in [0.2, 0.25) is 0 Å². The van der Waals surface area contributed by atoms with Gasteiger partial charge in [-0.15, -0.1) is 0 Å². The van der Waals surface area contributed by atoms with Crippen molar-refractivity contribution in [1.82, 2.24) is 0 Å². The molecule has 6 heteroatoms. The minimum absolute atomic E-state index is 0.00606. The number of benzene rings is 1. The van der Waals surface area contributed by atoms with E-state index in [2.05, 4.69) is 0 Å². The maximum atomic E-state index is 10.8. The van der Waals surface area contributed by atoms with E-state index in [9.17, 15) is 20.3 Å². The van der Waals surface area contributed by atoms with Crippen LogP contribution in [-0.4, -0.2) is 33.0 Å². The summed E-state index contributed by atoms with van der Waals surface area (Å²) in [5.74, 6) is 0. The summed E-state index contributed by atoms with van der Waals surface area (Å²) >= 11 is 0. The Morgan fingerprint density at radius 3 is 2.56 bits per heavy atom. The second-order valence-electron chi connectivity index (χ2n) is 3.46. The molecule has 1 aromatic rings. The van der Waals surface area contributed by atoms with Gasteiger partial charge in [-0.2, -0.15) is 0 Å². The van der Waals surface area contributed by atoms with Gasteiger partial charge in [0, 0.05) is 5.56 Å². The molecule has 2 atom stereocenters. The monoisotopic (exact) mass is 227 g/mol. The highest BCUT2D eigenvalue weighted by molar-refractivity contribution is 5.48. The van der Waals surface area contributed by atoms with Gasteiger partial charge < -0.3 is 15.3 Å². The van der Waals surface area contributed by atoms with E-state index in [-0.39, 0.29) is 11.3 Å². The molecule has 0 aromatic heterocycles. The van der Waals surface area contributed by atoms with Gasteiger partial charge in [0.1, 0.15) is 12.2 Å². The van der Waals surface area contributed by atoms with Gasteiger partial charge in [0.25, 0.3) is 5.69 Å². The molecule has 0 aliphatic heterocycles. The van der Waals surface area contributed by atoms with Crippen LogP contribution in [0.15, 0.2) is 18.2 Å². The van der Waals surface area contributed by atoms with Crippen LogP contribution in [0.1, 0.15) is 17.2 Å². The Kier molecular flexibility index (Phi) is 3.94. The number of para-hydroxylation sites is 1. The molecule has 3 N–H and O–H groups in total. The summed E-state index contributed by atoms with van der Waals surface area (Å²) in [4.78, 5) is 10.2. The smallest absolute Gasteiger partial charge is 0.278 e. The average Bonchev–Trinajstić information content (AvgIpc) is 2.26. The van der Waals surface area contributed by atoms with Gasteiger partial charge in [-0.3, -0.25) is 10.1 Å². The third kappa shape index (κ3) is 2.35. The summed E-state index contributed by atoms with van der Waals surface area (Å²) in [6.45, 7) is 0.881. The quantitative estimate of drug-likeness (QED) is 0.506. The van der Waals surface area contributed by atoms with Crippen LogP contribution in [0.3, 0.4) is 0 Å². The Morgan fingerprint density at radius 1 is 1.44 bits per heavy atom. The topological polar surface area (TPSA) is 104 Å². The maximum absolute atomic E-state index is 10.8. The first-order valence-electron chi connectivity index (χ1n) is 4.70. The molecule has 0 amide bonds. The number of hydrogen-bond acceptors (Lipinski definition) is 5. The molecular weight excluding hydrogens is 214 g/mol. The van der Waals surface area contributed by atoms with Crippen LogP contribution >= 0.6 is 0 Å². The first-order chi connectivity index (χ1) is 7.49. The van der Waals surface area contributed by atoms with Crippen molar-refractivity contribution in [2.75, 3.05) is 6.61 Å². The van der Waals surface area contributed by atoms with Crippen LogP contribution in [0, 0.1) is 17.0 Å². The zero-order chi connectivity index (χ0) is 12.3. The van der Waals surface area contributed by atoms with E-state index in [0.29, 0.717) is 5.56 Å². The van der Waals surface area contributed by atoms with Gasteiger partial charge >= 0.3 is 0 Å². The first kappa shape index (κ1) is 12.6. The molecule has 16 heavy (non-hydrogen) atoms. The normalized spacial score (nSPS) is 14.5. The lowest BCUT2D eigenvalue weighted by molar-refractivity contribution is -0.386. The summed E-state index contributed by atoms with van der Waals surface area (Å²) in [5, 5.41) is 38.4. The zero-order valence-corrected chi connectivity index (χ0v) is 8.70. The number of nitrogens with zero attached hydrogens (tertiary/aromatic N) is 1. The summed E-state index contributed by atoms with van der Waals surface area (Å²) in [5.41, 5.74) is 0.167. The molecule has 1 aromatic carbocycles. The third-order valence-electron chi connectivity index (χ3n) is 2.32. The Bertz CT molecular complexity index is 393. The largest absolute Gasteiger partial charge is 0.394 e. The first-order valence-corrected chi connectivity index (χ1v) is 4.70. The van der Waals surface area contributed by atoms with Crippen LogP contribution < -0.4 is 0 Å². The highest BCUT2D eigenvalue weighted by Crippen LogP contribution is 2.29. The van der Waals surface area contributed by atoms with E-state index >= 15 is 0 Å². The summed E-state index contributed by atoms with van der Waals surface area (Å²) in [6, 6.07) is 4.44. The molecule has 0 spiro atoms.